The van der Waals surface area contributed by atoms with Crippen molar-refractivity contribution in [3.05, 3.63) is 59.2 Å². The second kappa shape index (κ2) is 7.70. The molecule has 0 radical (unpaired) electrons. The average Bonchev–Trinajstić information content (AvgIpc) is 3.11. The zero-order chi connectivity index (χ0) is 18.6. The third-order valence-electron chi connectivity index (χ3n) is 4.82. The molecule has 2 aliphatic rings. The first kappa shape index (κ1) is 17.4. The predicted octanol–water partition coefficient (Wildman–Crippen LogP) is 2.51. The van der Waals surface area contributed by atoms with Gasteiger partial charge in [0.2, 0.25) is 5.91 Å². The Morgan fingerprint density at radius 2 is 1.74 bits per heavy atom. The van der Waals surface area contributed by atoms with E-state index in [0.717, 1.165) is 29.8 Å². The predicted molar refractivity (Wildman–Crippen MR) is 99.7 cm³/mol. The number of carbonyl (C=O) groups excluding carboxylic acids is 2. The fraction of sp³-hybridized carbons (Fsp3) is 0.333. The van der Waals surface area contributed by atoms with Gasteiger partial charge in [0.05, 0.1) is 0 Å². The number of benzene rings is 2. The van der Waals surface area contributed by atoms with Gasteiger partial charge in [0.15, 0.2) is 11.5 Å². The van der Waals surface area contributed by atoms with Crippen LogP contribution in [0.3, 0.4) is 0 Å². The average molecular weight is 366 g/mol. The first-order valence-electron chi connectivity index (χ1n) is 9.22. The summed E-state index contributed by atoms with van der Waals surface area (Å²) in [5.74, 6) is 1.53. The van der Waals surface area contributed by atoms with E-state index in [-0.39, 0.29) is 11.8 Å². The van der Waals surface area contributed by atoms with Gasteiger partial charge in [-0.15, -0.1) is 0 Å². The van der Waals surface area contributed by atoms with Crippen LogP contribution in [0.2, 0.25) is 0 Å². The minimum absolute atomic E-state index is 0.131. The summed E-state index contributed by atoms with van der Waals surface area (Å²) in [6.45, 7) is 2.94. The number of nitrogens with zero attached hydrogens (tertiary/aromatic N) is 1. The normalized spacial score (nSPS) is 15.7. The van der Waals surface area contributed by atoms with E-state index in [1.165, 1.54) is 0 Å². The van der Waals surface area contributed by atoms with Gasteiger partial charge >= 0.3 is 0 Å². The van der Waals surface area contributed by atoms with E-state index < -0.39 is 0 Å². The van der Waals surface area contributed by atoms with E-state index in [1.807, 2.05) is 35.2 Å². The van der Waals surface area contributed by atoms with Crippen molar-refractivity contribution >= 4 is 11.8 Å². The molecule has 0 aliphatic carbocycles. The molecule has 2 amide bonds. The Morgan fingerprint density at radius 1 is 1.00 bits per heavy atom. The molecule has 0 unspecified atom stereocenters. The first-order chi connectivity index (χ1) is 13.2. The van der Waals surface area contributed by atoms with Crippen LogP contribution in [0.5, 0.6) is 11.5 Å². The molecule has 1 N–H and O–H groups in total. The summed E-state index contributed by atoms with van der Waals surface area (Å²) in [5, 5.41) is 2.92. The number of rotatable bonds is 5. The van der Waals surface area contributed by atoms with Crippen LogP contribution in [-0.2, 0) is 17.9 Å². The molecule has 2 aromatic rings. The van der Waals surface area contributed by atoms with Crippen LogP contribution < -0.4 is 14.8 Å². The molecule has 1 saturated heterocycles. The number of hydrogen-bond donors (Lipinski definition) is 1. The van der Waals surface area contributed by atoms with Crippen molar-refractivity contribution in [2.75, 3.05) is 19.8 Å². The molecule has 0 spiro atoms. The minimum Gasteiger partial charge on any atom is -0.486 e. The largest absolute Gasteiger partial charge is 0.486 e. The van der Waals surface area contributed by atoms with Gasteiger partial charge in [0.25, 0.3) is 5.91 Å². The molecule has 0 bridgehead atoms. The Kier molecular flexibility index (Phi) is 4.96. The van der Waals surface area contributed by atoms with Crippen LogP contribution in [0, 0.1) is 0 Å². The molecule has 2 heterocycles. The second-order valence-electron chi connectivity index (χ2n) is 6.78. The third-order valence-corrected chi connectivity index (χ3v) is 4.82. The Labute approximate surface area is 158 Å². The summed E-state index contributed by atoms with van der Waals surface area (Å²) >= 11 is 0. The van der Waals surface area contributed by atoms with Crippen molar-refractivity contribution in [1.82, 2.24) is 10.2 Å². The van der Waals surface area contributed by atoms with E-state index >= 15 is 0 Å². The molecule has 2 aromatic carbocycles. The molecule has 1 fully saturated rings. The lowest BCUT2D eigenvalue weighted by atomic mass is 10.1. The second-order valence-corrected chi connectivity index (χ2v) is 6.78. The van der Waals surface area contributed by atoms with Gasteiger partial charge in [0.1, 0.15) is 13.2 Å². The van der Waals surface area contributed by atoms with Gasteiger partial charge < -0.3 is 19.7 Å². The van der Waals surface area contributed by atoms with E-state index in [0.29, 0.717) is 44.0 Å². The zero-order valence-corrected chi connectivity index (χ0v) is 15.1. The quantitative estimate of drug-likeness (QED) is 0.883. The molecular formula is C21H22N2O4. The standard InChI is InChI=1S/C21H22N2O4/c24-20-2-1-9-23(20)14-15-3-6-17(7-4-15)21(25)22-13-16-5-8-18-19(12-16)27-11-10-26-18/h3-8,12H,1-2,9-11,13-14H2,(H,22,25). The van der Waals surface area contributed by atoms with Gasteiger partial charge in [-0.1, -0.05) is 18.2 Å². The number of fused-ring (bicyclic) bond motifs is 1. The lowest BCUT2D eigenvalue weighted by Crippen LogP contribution is -2.24. The number of nitrogens with one attached hydrogen (secondary N) is 1. The van der Waals surface area contributed by atoms with E-state index in [4.69, 9.17) is 9.47 Å². The van der Waals surface area contributed by atoms with Crippen molar-refractivity contribution in [2.24, 2.45) is 0 Å². The molecule has 4 rings (SSSR count). The maximum absolute atomic E-state index is 12.4. The molecule has 6 nitrogen and oxygen atoms in total. The van der Waals surface area contributed by atoms with Gasteiger partial charge in [-0.05, 0) is 41.8 Å². The fourth-order valence-electron chi connectivity index (χ4n) is 3.34. The van der Waals surface area contributed by atoms with Crippen LogP contribution in [-0.4, -0.2) is 36.5 Å². The summed E-state index contributed by atoms with van der Waals surface area (Å²) in [7, 11) is 0. The molecule has 0 aromatic heterocycles. The van der Waals surface area contributed by atoms with Crippen LogP contribution in [0.4, 0.5) is 0 Å². The zero-order valence-electron chi connectivity index (χ0n) is 15.1. The molecule has 6 heteroatoms. The highest BCUT2D eigenvalue weighted by Gasteiger charge is 2.20. The number of likely N-dealkylation sites (tertiary alicyclic amines) is 1. The first-order valence-corrected chi connectivity index (χ1v) is 9.22. The van der Waals surface area contributed by atoms with Crippen LogP contribution in [0.25, 0.3) is 0 Å². The van der Waals surface area contributed by atoms with Crippen molar-refractivity contribution in [3.8, 4) is 11.5 Å². The minimum atomic E-state index is -0.131. The molecule has 140 valence electrons. The van der Waals surface area contributed by atoms with Crippen LogP contribution in [0.15, 0.2) is 42.5 Å². The third kappa shape index (κ3) is 4.05. The van der Waals surface area contributed by atoms with Crippen molar-refractivity contribution in [1.29, 1.82) is 0 Å². The highest BCUT2D eigenvalue weighted by Crippen LogP contribution is 2.30. The van der Waals surface area contributed by atoms with Crippen molar-refractivity contribution in [3.63, 3.8) is 0 Å². The number of ether oxygens (including phenoxy) is 2. The summed E-state index contributed by atoms with van der Waals surface area (Å²) in [6, 6.07) is 13.1. The molecule has 0 atom stereocenters. The topological polar surface area (TPSA) is 67.9 Å². The lowest BCUT2D eigenvalue weighted by molar-refractivity contribution is -0.128. The smallest absolute Gasteiger partial charge is 0.251 e. The van der Waals surface area contributed by atoms with E-state index in [2.05, 4.69) is 5.32 Å². The van der Waals surface area contributed by atoms with Gasteiger partial charge in [-0.3, -0.25) is 9.59 Å². The SMILES string of the molecule is O=C(NCc1ccc2c(c1)OCCO2)c1ccc(CN2CCCC2=O)cc1. The highest BCUT2D eigenvalue weighted by atomic mass is 16.6. The van der Waals surface area contributed by atoms with Crippen molar-refractivity contribution in [2.45, 2.75) is 25.9 Å². The highest BCUT2D eigenvalue weighted by molar-refractivity contribution is 5.94. The monoisotopic (exact) mass is 366 g/mol. The maximum Gasteiger partial charge on any atom is 0.251 e. The number of hydrogen-bond acceptors (Lipinski definition) is 4. The molecule has 27 heavy (non-hydrogen) atoms. The Balaban J connectivity index is 1.33. The fourth-order valence-corrected chi connectivity index (χ4v) is 3.34. The van der Waals surface area contributed by atoms with Gasteiger partial charge in [-0.25, -0.2) is 0 Å². The number of amides is 2. The summed E-state index contributed by atoms with van der Waals surface area (Å²) < 4.78 is 11.1. The van der Waals surface area contributed by atoms with Crippen LogP contribution in [0.1, 0.15) is 34.3 Å². The Bertz CT molecular complexity index is 848. The molecule has 2 aliphatic heterocycles. The molecule has 0 saturated carbocycles. The summed E-state index contributed by atoms with van der Waals surface area (Å²) in [5.41, 5.74) is 2.59. The number of carbonyl (C=O) groups is 2. The summed E-state index contributed by atoms with van der Waals surface area (Å²) in [6.07, 6.45) is 1.57. The van der Waals surface area contributed by atoms with Gasteiger partial charge in [-0.2, -0.15) is 0 Å². The Hall–Kier alpha value is -3.02. The maximum atomic E-state index is 12.4. The van der Waals surface area contributed by atoms with Gasteiger partial charge in [0, 0.05) is 31.6 Å². The summed E-state index contributed by atoms with van der Waals surface area (Å²) in [4.78, 5) is 25.9. The van der Waals surface area contributed by atoms with Crippen LogP contribution >= 0.6 is 0 Å². The lowest BCUT2D eigenvalue weighted by Gasteiger charge is -2.19. The Morgan fingerprint density at radius 3 is 2.48 bits per heavy atom. The van der Waals surface area contributed by atoms with E-state index in [1.54, 1.807) is 12.1 Å². The van der Waals surface area contributed by atoms with Crippen molar-refractivity contribution < 1.29 is 19.1 Å². The van der Waals surface area contributed by atoms with E-state index in [9.17, 15) is 9.59 Å². The molecular weight excluding hydrogens is 344 g/mol.